The van der Waals surface area contributed by atoms with Gasteiger partial charge in [-0.3, -0.25) is 0 Å². The van der Waals surface area contributed by atoms with Gasteiger partial charge in [0.2, 0.25) is 0 Å². The van der Waals surface area contributed by atoms with Crippen LogP contribution >= 0.6 is 0 Å². The van der Waals surface area contributed by atoms with Crippen LogP contribution in [0.4, 0.5) is 0 Å². The molecule has 3 nitrogen and oxygen atoms in total. The molecule has 2 aliphatic rings. The van der Waals surface area contributed by atoms with Gasteiger partial charge in [-0.2, -0.15) is 0 Å². The molecule has 1 aliphatic carbocycles. The van der Waals surface area contributed by atoms with E-state index in [-0.39, 0.29) is 6.10 Å². The zero-order chi connectivity index (χ0) is 10.7. The molecule has 0 bridgehead atoms. The first kappa shape index (κ1) is 11.4. The van der Waals surface area contributed by atoms with E-state index < -0.39 is 0 Å². The number of hydrogen-bond donors (Lipinski definition) is 2. The van der Waals surface area contributed by atoms with Gasteiger partial charge in [0, 0.05) is 13.1 Å². The van der Waals surface area contributed by atoms with E-state index in [0.29, 0.717) is 5.92 Å². The van der Waals surface area contributed by atoms with Crippen molar-refractivity contribution in [3.05, 3.63) is 0 Å². The van der Waals surface area contributed by atoms with Gasteiger partial charge >= 0.3 is 0 Å². The van der Waals surface area contributed by atoms with Crippen molar-refractivity contribution < 1.29 is 5.11 Å². The Balaban J connectivity index is 1.75. The smallest absolute Gasteiger partial charge is 0.0592 e. The first-order valence-corrected chi connectivity index (χ1v) is 6.40. The molecule has 15 heavy (non-hydrogen) atoms. The lowest BCUT2D eigenvalue weighted by Crippen LogP contribution is -2.44. The molecule has 2 atom stereocenters. The van der Waals surface area contributed by atoms with Crippen molar-refractivity contribution in [2.45, 2.75) is 38.2 Å². The molecule has 0 spiro atoms. The van der Waals surface area contributed by atoms with Gasteiger partial charge in [-0.1, -0.05) is 12.8 Å². The number of nitrogens with zero attached hydrogens (tertiary/aromatic N) is 1. The van der Waals surface area contributed by atoms with E-state index in [9.17, 15) is 5.11 Å². The number of likely N-dealkylation sites (tertiary alicyclic amines) is 1. The first-order valence-electron chi connectivity index (χ1n) is 6.40. The molecule has 1 saturated carbocycles. The monoisotopic (exact) mass is 212 g/mol. The van der Waals surface area contributed by atoms with Gasteiger partial charge < -0.3 is 15.7 Å². The Morgan fingerprint density at radius 3 is 2.73 bits per heavy atom. The number of nitrogens with two attached hydrogens (primary N) is 1. The Hall–Kier alpha value is -0.120. The minimum atomic E-state index is -0.0419. The highest BCUT2D eigenvalue weighted by Gasteiger charge is 2.32. The Labute approximate surface area is 92.6 Å². The third-order valence-corrected chi connectivity index (χ3v) is 3.79. The molecule has 0 aromatic heterocycles. The molecule has 2 fully saturated rings. The summed E-state index contributed by atoms with van der Waals surface area (Å²) < 4.78 is 0. The lowest BCUT2D eigenvalue weighted by molar-refractivity contribution is 0.0204. The topological polar surface area (TPSA) is 49.5 Å². The molecular formula is C12H24N2O. The molecule has 3 heteroatoms. The van der Waals surface area contributed by atoms with Gasteiger partial charge in [0.25, 0.3) is 0 Å². The highest BCUT2D eigenvalue weighted by molar-refractivity contribution is 4.85. The summed E-state index contributed by atoms with van der Waals surface area (Å²) in [7, 11) is 0. The van der Waals surface area contributed by atoms with Crippen LogP contribution in [0.15, 0.2) is 0 Å². The Morgan fingerprint density at radius 1 is 1.27 bits per heavy atom. The number of rotatable bonds is 5. The van der Waals surface area contributed by atoms with Crippen LogP contribution in [0.3, 0.4) is 0 Å². The van der Waals surface area contributed by atoms with E-state index in [1.165, 1.54) is 19.3 Å². The van der Waals surface area contributed by atoms with Crippen molar-refractivity contribution in [1.29, 1.82) is 0 Å². The quantitative estimate of drug-likeness (QED) is 0.709. The minimum absolute atomic E-state index is 0.0419. The maximum Gasteiger partial charge on any atom is 0.0592 e. The fourth-order valence-electron chi connectivity index (χ4n) is 2.63. The second kappa shape index (κ2) is 5.28. The van der Waals surface area contributed by atoms with Crippen molar-refractivity contribution in [1.82, 2.24) is 4.90 Å². The maximum absolute atomic E-state index is 9.94. The van der Waals surface area contributed by atoms with Crippen LogP contribution < -0.4 is 5.73 Å². The SMILES string of the molecule is NCCCN1CC[C@@H](O)[C@@H](CC2CC2)C1. The average molecular weight is 212 g/mol. The van der Waals surface area contributed by atoms with E-state index in [1.54, 1.807) is 0 Å². The molecule has 2 rings (SSSR count). The average Bonchev–Trinajstić information content (AvgIpc) is 3.03. The summed E-state index contributed by atoms with van der Waals surface area (Å²) in [6, 6.07) is 0. The van der Waals surface area contributed by atoms with Gasteiger partial charge in [0.15, 0.2) is 0 Å². The highest BCUT2D eigenvalue weighted by Crippen LogP contribution is 2.37. The van der Waals surface area contributed by atoms with Crippen LogP contribution in [0, 0.1) is 11.8 Å². The molecule has 0 aromatic rings. The summed E-state index contributed by atoms with van der Waals surface area (Å²) in [4.78, 5) is 2.48. The molecule has 0 radical (unpaired) electrons. The Kier molecular flexibility index (Phi) is 4.00. The molecule has 1 saturated heterocycles. The summed E-state index contributed by atoms with van der Waals surface area (Å²) in [5.74, 6) is 1.46. The van der Waals surface area contributed by atoms with Crippen molar-refractivity contribution in [3.8, 4) is 0 Å². The van der Waals surface area contributed by atoms with E-state index in [1.807, 2.05) is 0 Å². The van der Waals surface area contributed by atoms with Crippen molar-refractivity contribution >= 4 is 0 Å². The van der Waals surface area contributed by atoms with Crippen LogP contribution in [0.1, 0.15) is 32.1 Å². The van der Waals surface area contributed by atoms with Crippen LogP contribution in [0.5, 0.6) is 0 Å². The van der Waals surface area contributed by atoms with Gasteiger partial charge in [-0.15, -0.1) is 0 Å². The first-order chi connectivity index (χ1) is 7.29. The summed E-state index contributed by atoms with van der Waals surface area (Å²) >= 11 is 0. The predicted octanol–water partition coefficient (Wildman–Crippen LogP) is 0.818. The maximum atomic E-state index is 9.94. The third-order valence-electron chi connectivity index (χ3n) is 3.79. The van der Waals surface area contributed by atoms with Crippen molar-refractivity contribution in [2.75, 3.05) is 26.2 Å². The minimum Gasteiger partial charge on any atom is -0.393 e. The number of piperidine rings is 1. The van der Waals surface area contributed by atoms with E-state index in [0.717, 1.165) is 44.9 Å². The molecule has 88 valence electrons. The van der Waals surface area contributed by atoms with Crippen molar-refractivity contribution in [3.63, 3.8) is 0 Å². The molecule has 0 aromatic carbocycles. The fourth-order valence-corrected chi connectivity index (χ4v) is 2.63. The third kappa shape index (κ3) is 3.44. The molecule has 1 heterocycles. The molecule has 0 unspecified atom stereocenters. The van der Waals surface area contributed by atoms with Gasteiger partial charge in [-0.05, 0) is 44.2 Å². The largest absolute Gasteiger partial charge is 0.393 e. The summed E-state index contributed by atoms with van der Waals surface area (Å²) in [5, 5.41) is 9.94. The van der Waals surface area contributed by atoms with Crippen LogP contribution in [-0.4, -0.2) is 42.3 Å². The number of aliphatic hydroxyl groups is 1. The second-order valence-corrected chi connectivity index (χ2v) is 5.24. The standard InChI is InChI=1S/C12H24N2O/c13-5-1-6-14-7-4-12(15)11(9-14)8-10-2-3-10/h10-12,15H,1-9,13H2/t11-,12+/m0/s1. The zero-order valence-corrected chi connectivity index (χ0v) is 9.57. The van der Waals surface area contributed by atoms with Gasteiger partial charge in [-0.25, -0.2) is 0 Å². The van der Waals surface area contributed by atoms with Gasteiger partial charge in [0.05, 0.1) is 6.10 Å². The fraction of sp³-hybridized carbons (Fsp3) is 1.00. The lowest BCUT2D eigenvalue weighted by Gasteiger charge is -2.36. The second-order valence-electron chi connectivity index (χ2n) is 5.24. The van der Waals surface area contributed by atoms with E-state index in [2.05, 4.69) is 4.90 Å². The van der Waals surface area contributed by atoms with E-state index in [4.69, 9.17) is 5.73 Å². The van der Waals surface area contributed by atoms with E-state index >= 15 is 0 Å². The van der Waals surface area contributed by atoms with Gasteiger partial charge in [0.1, 0.15) is 0 Å². The highest BCUT2D eigenvalue weighted by atomic mass is 16.3. The summed E-state index contributed by atoms with van der Waals surface area (Å²) in [6.07, 6.45) is 6.05. The normalized spacial score (nSPS) is 33.2. The molecule has 1 aliphatic heterocycles. The molecule has 3 N–H and O–H groups in total. The lowest BCUT2D eigenvalue weighted by atomic mass is 9.90. The van der Waals surface area contributed by atoms with Crippen LogP contribution in [0.2, 0.25) is 0 Å². The predicted molar refractivity (Wildman–Crippen MR) is 61.6 cm³/mol. The number of hydrogen-bond acceptors (Lipinski definition) is 3. The Morgan fingerprint density at radius 2 is 2.07 bits per heavy atom. The van der Waals surface area contributed by atoms with Crippen molar-refractivity contribution in [2.24, 2.45) is 17.6 Å². The zero-order valence-electron chi connectivity index (χ0n) is 9.57. The summed E-state index contributed by atoms with van der Waals surface area (Å²) in [6.45, 7) is 4.05. The Bertz CT molecular complexity index is 192. The summed E-state index contributed by atoms with van der Waals surface area (Å²) in [5.41, 5.74) is 5.52. The number of aliphatic hydroxyl groups excluding tert-OH is 1. The van der Waals surface area contributed by atoms with Crippen LogP contribution in [0.25, 0.3) is 0 Å². The molecular weight excluding hydrogens is 188 g/mol. The van der Waals surface area contributed by atoms with Crippen LogP contribution in [-0.2, 0) is 0 Å². The molecule has 0 amide bonds.